The minimum Gasteiger partial charge on any atom is -0.374 e. The first kappa shape index (κ1) is 9.36. The minimum absolute atomic E-state index is 0.495. The Balaban J connectivity index is 2.10. The van der Waals surface area contributed by atoms with Crippen molar-refractivity contribution in [1.29, 1.82) is 0 Å². The highest BCUT2D eigenvalue weighted by Gasteiger charge is 2.05. The third-order valence-corrected chi connectivity index (χ3v) is 2.58. The molecule has 2 rings (SSSR count). The SMILES string of the molecule is CCOCc1nc(-c2cccs2)n[nH]1. The Morgan fingerprint density at radius 3 is 3.21 bits per heavy atom. The summed E-state index contributed by atoms with van der Waals surface area (Å²) in [6.45, 7) is 3.14. The second kappa shape index (κ2) is 4.34. The van der Waals surface area contributed by atoms with Crippen molar-refractivity contribution in [2.45, 2.75) is 13.5 Å². The van der Waals surface area contributed by atoms with Crippen LogP contribution in [0.5, 0.6) is 0 Å². The average molecular weight is 209 g/mol. The Morgan fingerprint density at radius 2 is 2.50 bits per heavy atom. The van der Waals surface area contributed by atoms with Crippen LogP contribution in [0.3, 0.4) is 0 Å². The van der Waals surface area contributed by atoms with Gasteiger partial charge in [0.15, 0.2) is 11.6 Å². The van der Waals surface area contributed by atoms with Crippen LogP contribution in [0.15, 0.2) is 17.5 Å². The third kappa shape index (κ3) is 2.00. The molecule has 4 nitrogen and oxygen atoms in total. The van der Waals surface area contributed by atoms with Crippen LogP contribution in [0.1, 0.15) is 12.7 Å². The summed E-state index contributed by atoms with van der Waals surface area (Å²) in [6.07, 6.45) is 0. The van der Waals surface area contributed by atoms with E-state index in [2.05, 4.69) is 15.2 Å². The maximum absolute atomic E-state index is 5.22. The smallest absolute Gasteiger partial charge is 0.191 e. The van der Waals surface area contributed by atoms with Gasteiger partial charge in [-0.25, -0.2) is 4.98 Å². The van der Waals surface area contributed by atoms with Gasteiger partial charge in [-0.1, -0.05) is 6.07 Å². The van der Waals surface area contributed by atoms with Crippen molar-refractivity contribution in [2.75, 3.05) is 6.61 Å². The van der Waals surface area contributed by atoms with Gasteiger partial charge in [0, 0.05) is 6.61 Å². The van der Waals surface area contributed by atoms with Gasteiger partial charge < -0.3 is 4.74 Å². The predicted molar refractivity (Wildman–Crippen MR) is 55.0 cm³/mol. The lowest BCUT2D eigenvalue weighted by Crippen LogP contribution is -1.93. The Morgan fingerprint density at radius 1 is 1.57 bits per heavy atom. The molecule has 0 saturated heterocycles. The molecule has 0 aromatic carbocycles. The Bertz CT molecular complexity index is 382. The molecule has 0 aliphatic rings. The first-order valence-electron chi connectivity index (χ1n) is 4.43. The van der Waals surface area contributed by atoms with Crippen molar-refractivity contribution in [1.82, 2.24) is 15.2 Å². The normalized spacial score (nSPS) is 10.6. The maximum atomic E-state index is 5.22. The highest BCUT2D eigenvalue weighted by atomic mass is 32.1. The lowest BCUT2D eigenvalue weighted by molar-refractivity contribution is 0.128. The van der Waals surface area contributed by atoms with Gasteiger partial charge in [0.25, 0.3) is 0 Å². The average Bonchev–Trinajstić information content (AvgIpc) is 2.85. The number of nitrogens with zero attached hydrogens (tertiary/aromatic N) is 2. The van der Waals surface area contributed by atoms with Crippen LogP contribution in [0.2, 0.25) is 0 Å². The van der Waals surface area contributed by atoms with Crippen LogP contribution in [0, 0.1) is 0 Å². The summed E-state index contributed by atoms with van der Waals surface area (Å²) >= 11 is 1.63. The van der Waals surface area contributed by atoms with Gasteiger partial charge in [-0.05, 0) is 18.4 Å². The van der Waals surface area contributed by atoms with Crippen molar-refractivity contribution in [2.24, 2.45) is 0 Å². The number of hydrogen-bond donors (Lipinski definition) is 1. The maximum Gasteiger partial charge on any atom is 0.191 e. The summed E-state index contributed by atoms with van der Waals surface area (Å²) in [7, 11) is 0. The number of aromatic nitrogens is 3. The van der Waals surface area contributed by atoms with E-state index in [9.17, 15) is 0 Å². The minimum atomic E-state index is 0.495. The first-order chi connectivity index (χ1) is 6.90. The van der Waals surface area contributed by atoms with Crippen LogP contribution in [-0.4, -0.2) is 21.8 Å². The topological polar surface area (TPSA) is 50.8 Å². The molecule has 0 spiro atoms. The van der Waals surface area contributed by atoms with E-state index in [0.717, 1.165) is 16.5 Å². The third-order valence-electron chi connectivity index (χ3n) is 1.72. The largest absolute Gasteiger partial charge is 0.374 e. The van der Waals surface area contributed by atoms with Gasteiger partial charge in [0.05, 0.1) is 4.88 Å². The summed E-state index contributed by atoms with van der Waals surface area (Å²) in [5.74, 6) is 1.52. The molecule has 0 amide bonds. The van der Waals surface area contributed by atoms with E-state index in [0.29, 0.717) is 13.2 Å². The number of hydrogen-bond acceptors (Lipinski definition) is 4. The summed E-state index contributed by atoms with van der Waals surface area (Å²) in [4.78, 5) is 5.38. The molecule has 0 fully saturated rings. The van der Waals surface area contributed by atoms with Gasteiger partial charge >= 0.3 is 0 Å². The molecule has 74 valence electrons. The monoisotopic (exact) mass is 209 g/mol. The van der Waals surface area contributed by atoms with E-state index in [1.807, 2.05) is 24.4 Å². The zero-order valence-electron chi connectivity index (χ0n) is 7.86. The van der Waals surface area contributed by atoms with E-state index in [1.54, 1.807) is 11.3 Å². The molecule has 0 radical (unpaired) electrons. The predicted octanol–water partition coefficient (Wildman–Crippen LogP) is 2.07. The van der Waals surface area contributed by atoms with Crippen LogP contribution in [-0.2, 0) is 11.3 Å². The van der Waals surface area contributed by atoms with E-state index < -0.39 is 0 Å². The summed E-state index contributed by atoms with van der Waals surface area (Å²) in [5, 5.41) is 8.96. The van der Waals surface area contributed by atoms with Crippen molar-refractivity contribution in [3.05, 3.63) is 23.3 Å². The van der Waals surface area contributed by atoms with Gasteiger partial charge in [-0.3, -0.25) is 5.10 Å². The van der Waals surface area contributed by atoms with Crippen LogP contribution >= 0.6 is 11.3 Å². The Hall–Kier alpha value is -1.20. The fourth-order valence-electron chi connectivity index (χ4n) is 1.07. The fourth-order valence-corrected chi connectivity index (χ4v) is 1.73. The Kier molecular flexibility index (Phi) is 2.90. The molecule has 2 heterocycles. The van der Waals surface area contributed by atoms with Crippen molar-refractivity contribution in [3.8, 4) is 10.7 Å². The van der Waals surface area contributed by atoms with E-state index >= 15 is 0 Å². The van der Waals surface area contributed by atoms with Crippen molar-refractivity contribution < 1.29 is 4.74 Å². The quantitative estimate of drug-likeness (QED) is 0.838. The van der Waals surface area contributed by atoms with Gasteiger partial charge in [0.2, 0.25) is 0 Å². The molecular formula is C9H11N3OS. The summed E-state index contributed by atoms with van der Waals surface area (Å²) < 4.78 is 5.22. The van der Waals surface area contributed by atoms with Crippen LogP contribution in [0.4, 0.5) is 0 Å². The lowest BCUT2D eigenvalue weighted by atomic mass is 10.4. The van der Waals surface area contributed by atoms with Crippen LogP contribution in [0.25, 0.3) is 10.7 Å². The lowest BCUT2D eigenvalue weighted by Gasteiger charge is -1.93. The standard InChI is InChI=1S/C9H11N3OS/c1-2-13-6-8-10-9(12-11-8)7-4-3-5-14-7/h3-5H,2,6H2,1H3,(H,10,11,12). The molecule has 2 aromatic heterocycles. The fraction of sp³-hybridized carbons (Fsp3) is 0.333. The van der Waals surface area contributed by atoms with Crippen LogP contribution < -0.4 is 0 Å². The summed E-state index contributed by atoms with van der Waals surface area (Å²) in [6, 6.07) is 3.98. The molecule has 14 heavy (non-hydrogen) atoms. The molecule has 0 aliphatic carbocycles. The first-order valence-corrected chi connectivity index (χ1v) is 5.31. The van der Waals surface area contributed by atoms with E-state index in [1.165, 1.54) is 0 Å². The van der Waals surface area contributed by atoms with E-state index in [4.69, 9.17) is 4.74 Å². The molecule has 0 atom stereocenters. The number of H-pyrrole nitrogens is 1. The molecule has 0 aliphatic heterocycles. The van der Waals surface area contributed by atoms with Gasteiger partial charge in [-0.15, -0.1) is 11.3 Å². The van der Waals surface area contributed by atoms with E-state index in [-0.39, 0.29) is 0 Å². The summed E-state index contributed by atoms with van der Waals surface area (Å²) in [5.41, 5.74) is 0. The highest BCUT2D eigenvalue weighted by molar-refractivity contribution is 7.13. The second-order valence-corrected chi connectivity index (χ2v) is 3.67. The highest BCUT2D eigenvalue weighted by Crippen LogP contribution is 2.20. The van der Waals surface area contributed by atoms with Crippen molar-refractivity contribution in [3.63, 3.8) is 0 Å². The molecular weight excluding hydrogens is 198 g/mol. The number of ether oxygens (including phenoxy) is 1. The number of rotatable bonds is 4. The van der Waals surface area contributed by atoms with Gasteiger partial charge in [0.1, 0.15) is 6.61 Å². The molecule has 0 bridgehead atoms. The molecule has 0 unspecified atom stereocenters. The zero-order valence-corrected chi connectivity index (χ0v) is 8.67. The molecule has 1 N–H and O–H groups in total. The number of thiophene rings is 1. The number of nitrogens with one attached hydrogen (secondary N) is 1. The zero-order chi connectivity index (χ0) is 9.80. The van der Waals surface area contributed by atoms with Gasteiger partial charge in [-0.2, -0.15) is 5.10 Å². The molecule has 2 aromatic rings. The molecule has 0 saturated carbocycles. The second-order valence-electron chi connectivity index (χ2n) is 2.72. The van der Waals surface area contributed by atoms with Crippen molar-refractivity contribution >= 4 is 11.3 Å². The Labute approximate surface area is 86.0 Å². The molecule has 5 heteroatoms. The number of aromatic amines is 1.